The molecule has 0 atom stereocenters. The van der Waals surface area contributed by atoms with Crippen molar-refractivity contribution in [2.24, 2.45) is 0 Å². The van der Waals surface area contributed by atoms with Gasteiger partial charge >= 0.3 is 99.8 Å². The second-order valence-electron chi connectivity index (χ2n) is 14.7. The fourth-order valence-electron chi connectivity index (χ4n) is 6.41. The molecule has 8 rings (SSSR count). The van der Waals surface area contributed by atoms with E-state index in [1.807, 2.05) is 91.1 Å². The van der Waals surface area contributed by atoms with Gasteiger partial charge in [0, 0.05) is 25.8 Å². The Hall–Kier alpha value is -4.56. The van der Waals surface area contributed by atoms with Crippen LogP contribution in [0.5, 0.6) is 23.0 Å². The molecular weight excluding hydrogens is 898 g/mol. The standard InChI is InChI=1S/C31H26FN2O2.C14H16GeN.Ir/c1-18(2)22-16-20(32)17-23(19(3)4)29(22)34-25-12-6-5-11-24(25)33-31(34)21-10-9-15-28-30(21)36-27-14-8-7-13-26(27)35-28;1-15(2,3)13-9-10-14(16-11-13)12-7-5-4-6-8-12;/h5-9,11-19H,1-4H3;4-7,9-11H,1-3H3;/q2*-1;. The van der Waals surface area contributed by atoms with Gasteiger partial charge in [-0.25, -0.2) is 4.39 Å². The summed E-state index contributed by atoms with van der Waals surface area (Å²) in [6.45, 7) is 8.36. The third kappa shape index (κ3) is 7.89. The van der Waals surface area contributed by atoms with Gasteiger partial charge in [0.1, 0.15) is 5.82 Å². The van der Waals surface area contributed by atoms with Crippen LogP contribution in [0.2, 0.25) is 17.3 Å². The number of imidazole rings is 1. The fraction of sp³-hybridized carbons (Fsp3) is 0.200. The first kappa shape index (κ1) is 38.2. The van der Waals surface area contributed by atoms with Gasteiger partial charge in [0.15, 0.2) is 11.5 Å². The van der Waals surface area contributed by atoms with Gasteiger partial charge in [0.05, 0.1) is 28.4 Å². The smallest absolute Gasteiger partial charge is 0 e. The number of rotatable bonds is 6. The zero-order chi connectivity index (χ0) is 36.6. The van der Waals surface area contributed by atoms with Crippen molar-refractivity contribution < 1.29 is 34.0 Å². The number of nitrogens with zero attached hydrogens (tertiary/aromatic N) is 3. The summed E-state index contributed by atoms with van der Waals surface area (Å²) in [4.78, 5) is 9.58. The topological polar surface area (TPSA) is 49.2 Å². The van der Waals surface area contributed by atoms with Crippen LogP contribution < -0.4 is 13.9 Å². The van der Waals surface area contributed by atoms with E-state index in [0.717, 1.165) is 39.1 Å². The van der Waals surface area contributed by atoms with Crippen molar-refractivity contribution >= 4 is 28.7 Å². The van der Waals surface area contributed by atoms with Crippen molar-refractivity contribution in [3.05, 3.63) is 144 Å². The summed E-state index contributed by atoms with van der Waals surface area (Å²) in [5.41, 5.74) is 7.34. The first-order valence-electron chi connectivity index (χ1n) is 17.7. The molecule has 3 heterocycles. The predicted molar refractivity (Wildman–Crippen MR) is 212 cm³/mol. The van der Waals surface area contributed by atoms with Gasteiger partial charge in [0.25, 0.3) is 0 Å². The molecule has 0 bridgehead atoms. The van der Waals surface area contributed by atoms with Gasteiger partial charge in [-0.1, -0.05) is 63.6 Å². The van der Waals surface area contributed by atoms with Crippen LogP contribution in [0.4, 0.5) is 4.39 Å². The van der Waals surface area contributed by atoms with E-state index in [2.05, 4.69) is 78.8 Å². The van der Waals surface area contributed by atoms with Crippen molar-refractivity contribution in [3.8, 4) is 51.3 Å². The maximum absolute atomic E-state index is 14.8. The predicted octanol–water partition coefficient (Wildman–Crippen LogP) is 11.9. The Bertz CT molecular complexity index is 2340. The second kappa shape index (κ2) is 15.8. The summed E-state index contributed by atoms with van der Waals surface area (Å²) in [5, 5.41) is 0. The van der Waals surface area contributed by atoms with Crippen molar-refractivity contribution in [1.82, 2.24) is 14.5 Å². The van der Waals surface area contributed by atoms with Crippen LogP contribution in [-0.2, 0) is 20.1 Å². The molecule has 0 N–H and O–H groups in total. The molecule has 0 saturated carbocycles. The van der Waals surface area contributed by atoms with Crippen LogP contribution in [0, 0.1) is 17.9 Å². The summed E-state index contributed by atoms with van der Waals surface area (Å²) >= 11 is -1.72. The minimum Gasteiger partial charge on any atom is 0 e. The second-order valence-corrected chi connectivity index (χ2v) is 25.3. The molecule has 5 nitrogen and oxygen atoms in total. The van der Waals surface area contributed by atoms with Crippen LogP contribution in [-0.4, -0.2) is 27.8 Å². The van der Waals surface area contributed by atoms with Gasteiger partial charge < -0.3 is 14.0 Å². The number of hydrogen-bond donors (Lipinski definition) is 0. The number of hydrogen-bond acceptors (Lipinski definition) is 4. The van der Waals surface area contributed by atoms with Crippen molar-refractivity contribution in [2.45, 2.75) is 56.8 Å². The third-order valence-corrected chi connectivity index (χ3v) is 13.4. The molecule has 0 unspecified atom stereocenters. The first-order chi connectivity index (χ1) is 25.0. The molecule has 1 radical (unpaired) electrons. The normalized spacial score (nSPS) is 11.9. The maximum Gasteiger partial charge on any atom is 0 e. The SMILES string of the molecule is CC(C)c1cc(F)cc(C(C)C)c1-n1c(-c2[c-]ccc3c2Oc2ccccc2O3)nc2ccccc21.[CH3][Ge]([CH3])([CH3])[c]1ccc(-c2[c-]cccc2)nc1.[Ir]. The maximum atomic E-state index is 14.8. The number of halogens is 1. The van der Waals surface area contributed by atoms with Gasteiger partial charge in [0.2, 0.25) is 0 Å². The van der Waals surface area contributed by atoms with Crippen LogP contribution in [0.15, 0.2) is 115 Å². The largest absolute Gasteiger partial charge is 0 e. The van der Waals surface area contributed by atoms with Crippen molar-refractivity contribution in [2.75, 3.05) is 0 Å². The molecular formula is C45H42FGeIrN3O2-2. The summed E-state index contributed by atoms with van der Waals surface area (Å²) < 4.78 is 30.9. The molecule has 1 aliphatic heterocycles. The summed E-state index contributed by atoms with van der Waals surface area (Å²) in [7, 11) is 0. The fourth-order valence-corrected chi connectivity index (χ4v) is 8.58. The Morgan fingerprint density at radius 3 is 2.00 bits per heavy atom. The Labute approximate surface area is 328 Å². The van der Waals surface area contributed by atoms with Crippen molar-refractivity contribution in [1.29, 1.82) is 0 Å². The molecule has 8 heteroatoms. The minimum absolute atomic E-state index is 0. The van der Waals surface area contributed by atoms with Crippen LogP contribution in [0.1, 0.15) is 50.7 Å². The van der Waals surface area contributed by atoms with Gasteiger partial charge in [-0.15, -0.1) is 12.1 Å². The van der Waals surface area contributed by atoms with E-state index in [4.69, 9.17) is 14.5 Å². The van der Waals surface area contributed by atoms with Crippen LogP contribution >= 0.6 is 0 Å². The number of fused-ring (bicyclic) bond motifs is 3. The minimum atomic E-state index is -1.72. The van der Waals surface area contributed by atoms with Crippen molar-refractivity contribution in [3.63, 3.8) is 0 Å². The summed E-state index contributed by atoms with van der Waals surface area (Å²) in [6, 6.07) is 41.4. The average molecular weight is 941 g/mol. The molecule has 0 aliphatic carbocycles. The zero-order valence-electron chi connectivity index (χ0n) is 31.0. The van der Waals surface area contributed by atoms with E-state index in [-0.39, 0.29) is 37.8 Å². The molecule has 2 aromatic heterocycles. The molecule has 7 aromatic rings. The molecule has 0 fully saturated rings. The molecule has 271 valence electrons. The van der Waals surface area contributed by atoms with Gasteiger partial charge in [-0.3, -0.25) is 4.98 Å². The number of pyridine rings is 1. The van der Waals surface area contributed by atoms with Crippen LogP contribution in [0.3, 0.4) is 0 Å². The van der Waals surface area contributed by atoms with E-state index in [9.17, 15) is 4.39 Å². The molecule has 0 saturated heterocycles. The zero-order valence-corrected chi connectivity index (χ0v) is 35.5. The summed E-state index contributed by atoms with van der Waals surface area (Å²) in [5.74, 6) is 10.3. The third-order valence-electron chi connectivity index (χ3n) is 9.19. The van der Waals surface area contributed by atoms with E-state index in [1.165, 1.54) is 4.40 Å². The average Bonchev–Trinajstić information content (AvgIpc) is 3.52. The molecule has 1 aliphatic rings. The Kier molecular flexibility index (Phi) is 11.4. The Morgan fingerprint density at radius 1 is 0.717 bits per heavy atom. The Morgan fingerprint density at radius 2 is 1.38 bits per heavy atom. The quantitative estimate of drug-likeness (QED) is 0.123. The van der Waals surface area contributed by atoms with Crippen LogP contribution in [0.25, 0.3) is 39.4 Å². The van der Waals surface area contributed by atoms with E-state index in [0.29, 0.717) is 34.4 Å². The van der Waals surface area contributed by atoms with E-state index < -0.39 is 13.3 Å². The number of benzene rings is 5. The van der Waals surface area contributed by atoms with Gasteiger partial charge in [-0.2, -0.15) is 0 Å². The van der Waals surface area contributed by atoms with Gasteiger partial charge in [-0.05, 0) is 59.4 Å². The number of para-hydroxylation sites is 4. The molecule has 0 amide bonds. The number of ether oxygens (including phenoxy) is 2. The summed E-state index contributed by atoms with van der Waals surface area (Å²) in [6.07, 6.45) is 2.04. The Balaban J connectivity index is 0.000000238. The monoisotopic (exact) mass is 942 g/mol. The first-order valence-corrected chi connectivity index (χ1v) is 25.1. The van der Waals surface area contributed by atoms with E-state index >= 15 is 0 Å². The molecule has 0 spiro atoms. The molecule has 5 aromatic carbocycles. The molecule has 53 heavy (non-hydrogen) atoms. The van der Waals surface area contributed by atoms with E-state index in [1.54, 1.807) is 12.1 Å². The number of aromatic nitrogens is 3.